The molecule has 2 aliphatic rings. The Kier molecular flexibility index (Phi) is 6.02. The Bertz CT molecular complexity index is 877. The van der Waals surface area contributed by atoms with Gasteiger partial charge in [-0.15, -0.1) is 0 Å². The van der Waals surface area contributed by atoms with Gasteiger partial charge in [0.05, 0.1) is 0 Å². The van der Waals surface area contributed by atoms with Gasteiger partial charge in [0.25, 0.3) is 0 Å². The van der Waals surface area contributed by atoms with E-state index >= 15 is 0 Å². The van der Waals surface area contributed by atoms with Crippen molar-refractivity contribution in [2.24, 2.45) is 5.92 Å². The van der Waals surface area contributed by atoms with E-state index in [9.17, 15) is 9.59 Å². The summed E-state index contributed by atoms with van der Waals surface area (Å²) in [4.78, 5) is 30.4. The molecular weight excluding hydrogens is 376 g/mol. The number of rotatable bonds is 4. The zero-order valence-electron chi connectivity index (χ0n) is 17.7. The number of urea groups is 1. The van der Waals surface area contributed by atoms with Gasteiger partial charge in [-0.2, -0.15) is 0 Å². The maximum atomic E-state index is 12.6. The molecule has 4 rings (SSSR count). The van der Waals surface area contributed by atoms with Crippen LogP contribution in [0.25, 0.3) is 0 Å². The smallest absolute Gasteiger partial charge is 0.322 e. The summed E-state index contributed by atoms with van der Waals surface area (Å²) in [5, 5.41) is 6.17. The second-order valence-electron chi connectivity index (χ2n) is 8.76. The molecule has 158 valence electrons. The molecule has 1 saturated carbocycles. The third kappa shape index (κ3) is 4.64. The van der Waals surface area contributed by atoms with Gasteiger partial charge in [0.2, 0.25) is 5.91 Å². The van der Waals surface area contributed by atoms with Crippen LogP contribution in [0.2, 0.25) is 0 Å². The van der Waals surface area contributed by atoms with Crippen molar-refractivity contribution in [2.75, 3.05) is 5.32 Å². The van der Waals surface area contributed by atoms with Crippen molar-refractivity contribution >= 4 is 17.6 Å². The number of pyridine rings is 1. The lowest BCUT2D eigenvalue weighted by atomic mass is 9.81. The fourth-order valence-corrected chi connectivity index (χ4v) is 4.34. The lowest BCUT2D eigenvalue weighted by Gasteiger charge is -2.30. The Labute approximate surface area is 178 Å². The van der Waals surface area contributed by atoms with Crippen LogP contribution in [0.3, 0.4) is 0 Å². The summed E-state index contributed by atoms with van der Waals surface area (Å²) >= 11 is 0. The molecule has 6 heteroatoms. The first-order valence-electron chi connectivity index (χ1n) is 10.9. The molecule has 0 unspecified atom stereocenters. The molecule has 1 aromatic carbocycles. The van der Waals surface area contributed by atoms with Crippen molar-refractivity contribution in [1.29, 1.82) is 0 Å². The monoisotopic (exact) mass is 406 g/mol. The number of carbonyl (C=O) groups is 2. The van der Waals surface area contributed by atoms with Crippen LogP contribution >= 0.6 is 0 Å². The van der Waals surface area contributed by atoms with Crippen molar-refractivity contribution in [3.8, 4) is 0 Å². The molecule has 2 aromatic rings. The van der Waals surface area contributed by atoms with E-state index in [-0.39, 0.29) is 17.9 Å². The Morgan fingerprint density at radius 1 is 1.00 bits per heavy atom. The molecule has 0 spiro atoms. The maximum absolute atomic E-state index is 12.6. The number of carbonyl (C=O) groups excluding carboxylic acids is 2. The zero-order chi connectivity index (χ0) is 21.1. The van der Waals surface area contributed by atoms with Crippen molar-refractivity contribution in [1.82, 2.24) is 15.2 Å². The molecule has 1 aliphatic heterocycles. The second-order valence-corrected chi connectivity index (χ2v) is 8.76. The third-order valence-electron chi connectivity index (χ3n) is 6.25. The molecule has 6 nitrogen and oxygen atoms in total. The van der Waals surface area contributed by atoms with Crippen LogP contribution in [0.1, 0.15) is 62.1 Å². The fraction of sp³-hybridized carbons (Fsp3) is 0.458. The van der Waals surface area contributed by atoms with Gasteiger partial charge in [-0.25, -0.2) is 4.79 Å². The average Bonchev–Trinajstić information content (AvgIpc) is 3.19. The number of aromatic nitrogens is 1. The Morgan fingerprint density at radius 2 is 1.70 bits per heavy atom. The quantitative estimate of drug-likeness (QED) is 0.789. The Balaban J connectivity index is 1.28. The van der Waals surface area contributed by atoms with Crippen LogP contribution in [0, 0.1) is 5.92 Å². The molecule has 0 atom stereocenters. The van der Waals surface area contributed by atoms with Crippen molar-refractivity contribution in [3.63, 3.8) is 0 Å². The topological polar surface area (TPSA) is 74.3 Å². The fourth-order valence-electron chi connectivity index (χ4n) is 4.34. The highest BCUT2D eigenvalue weighted by molar-refractivity contribution is 5.89. The van der Waals surface area contributed by atoms with Gasteiger partial charge < -0.3 is 15.5 Å². The molecule has 1 aromatic heterocycles. The minimum atomic E-state index is -0.0830. The van der Waals surface area contributed by atoms with Gasteiger partial charge in [0, 0.05) is 43.1 Å². The molecule has 1 fully saturated rings. The van der Waals surface area contributed by atoms with Crippen LogP contribution in [0.4, 0.5) is 10.5 Å². The van der Waals surface area contributed by atoms with Gasteiger partial charge in [-0.05, 0) is 66.5 Å². The van der Waals surface area contributed by atoms with Gasteiger partial charge in [0.1, 0.15) is 0 Å². The number of anilines is 1. The minimum Gasteiger partial charge on any atom is -0.353 e. The largest absolute Gasteiger partial charge is 0.353 e. The predicted molar refractivity (Wildman–Crippen MR) is 117 cm³/mol. The summed E-state index contributed by atoms with van der Waals surface area (Å²) in [7, 11) is 0. The molecule has 0 saturated heterocycles. The van der Waals surface area contributed by atoms with E-state index in [0.29, 0.717) is 25.0 Å². The standard InChI is InChI=1S/C24H30N4O2/c1-16(2)23(29)26-21-7-3-17(4-8-21)18-5-9-22(10-6-18)27-24(30)28-14-19-11-12-25-13-20(19)15-28/h5-6,9-13,16-17,21H,3-4,7-8,14-15H2,1-2H3,(H,26,29)(H,27,30). The van der Waals surface area contributed by atoms with Gasteiger partial charge in [-0.3, -0.25) is 9.78 Å². The summed E-state index contributed by atoms with van der Waals surface area (Å²) in [6.07, 6.45) is 7.80. The third-order valence-corrected chi connectivity index (χ3v) is 6.25. The molecular formula is C24H30N4O2. The van der Waals surface area contributed by atoms with E-state index < -0.39 is 0 Å². The zero-order valence-corrected chi connectivity index (χ0v) is 17.7. The van der Waals surface area contributed by atoms with Gasteiger partial charge in [-0.1, -0.05) is 26.0 Å². The molecule has 0 radical (unpaired) electrons. The molecule has 2 heterocycles. The second kappa shape index (κ2) is 8.86. The summed E-state index contributed by atoms with van der Waals surface area (Å²) in [5.41, 5.74) is 4.40. The molecule has 3 amide bonds. The summed E-state index contributed by atoms with van der Waals surface area (Å²) < 4.78 is 0. The number of fused-ring (bicyclic) bond motifs is 1. The maximum Gasteiger partial charge on any atom is 0.322 e. The lowest BCUT2D eigenvalue weighted by molar-refractivity contribution is -0.124. The van der Waals surface area contributed by atoms with E-state index in [4.69, 9.17) is 0 Å². The summed E-state index contributed by atoms with van der Waals surface area (Å²) in [6.45, 7) is 5.09. The Morgan fingerprint density at radius 3 is 2.37 bits per heavy atom. The number of amides is 3. The van der Waals surface area contributed by atoms with Crippen molar-refractivity contribution in [2.45, 2.75) is 64.6 Å². The minimum absolute atomic E-state index is 0.0388. The van der Waals surface area contributed by atoms with Crippen molar-refractivity contribution in [3.05, 3.63) is 59.4 Å². The molecule has 1 aliphatic carbocycles. The number of benzene rings is 1. The van der Waals surface area contributed by atoms with Gasteiger partial charge >= 0.3 is 6.03 Å². The highest BCUT2D eigenvalue weighted by Gasteiger charge is 2.25. The first-order valence-corrected chi connectivity index (χ1v) is 10.9. The van der Waals surface area contributed by atoms with E-state index in [1.807, 2.05) is 38.2 Å². The number of hydrogen-bond donors (Lipinski definition) is 2. The SMILES string of the molecule is CC(C)C(=O)NC1CCC(c2ccc(NC(=O)N3Cc4ccncc4C3)cc2)CC1. The average molecular weight is 407 g/mol. The first-order chi connectivity index (χ1) is 14.5. The molecule has 30 heavy (non-hydrogen) atoms. The number of nitrogens with one attached hydrogen (secondary N) is 2. The predicted octanol–water partition coefficient (Wildman–Crippen LogP) is 4.43. The highest BCUT2D eigenvalue weighted by Crippen LogP contribution is 2.33. The Hall–Kier alpha value is -2.89. The van der Waals surface area contributed by atoms with Crippen LogP contribution in [-0.2, 0) is 17.9 Å². The number of hydrogen-bond acceptors (Lipinski definition) is 3. The van der Waals surface area contributed by atoms with Crippen LogP contribution < -0.4 is 10.6 Å². The van der Waals surface area contributed by atoms with Crippen LogP contribution in [0.15, 0.2) is 42.7 Å². The van der Waals surface area contributed by atoms with Gasteiger partial charge in [0.15, 0.2) is 0 Å². The van der Waals surface area contributed by atoms with Crippen LogP contribution in [0.5, 0.6) is 0 Å². The number of nitrogens with zero attached hydrogens (tertiary/aromatic N) is 2. The summed E-state index contributed by atoms with van der Waals surface area (Å²) in [6, 6.07) is 10.4. The molecule has 0 bridgehead atoms. The van der Waals surface area contributed by atoms with Crippen molar-refractivity contribution < 1.29 is 9.59 Å². The van der Waals surface area contributed by atoms with E-state index in [2.05, 4.69) is 27.8 Å². The highest BCUT2D eigenvalue weighted by atomic mass is 16.2. The molecule has 2 N–H and O–H groups in total. The normalized spacial score (nSPS) is 20.7. The first kappa shape index (κ1) is 20.4. The lowest BCUT2D eigenvalue weighted by Crippen LogP contribution is -2.39. The van der Waals surface area contributed by atoms with E-state index in [1.165, 1.54) is 5.56 Å². The van der Waals surface area contributed by atoms with E-state index in [1.54, 1.807) is 11.1 Å². The summed E-state index contributed by atoms with van der Waals surface area (Å²) in [5.74, 6) is 0.704. The van der Waals surface area contributed by atoms with Crippen LogP contribution in [-0.4, -0.2) is 27.9 Å². The van der Waals surface area contributed by atoms with E-state index in [0.717, 1.165) is 42.5 Å².